The highest BCUT2D eigenvalue weighted by Gasteiger charge is 2.35. The molecule has 0 N–H and O–H groups in total. The zero-order valence-corrected chi connectivity index (χ0v) is 19.0. The lowest BCUT2D eigenvalue weighted by atomic mass is 9.75. The number of likely N-dealkylation sites (N-methyl/N-ethyl adjacent to an activating group) is 1. The third-order valence-corrected chi connectivity index (χ3v) is 6.17. The van der Waals surface area contributed by atoms with Crippen molar-refractivity contribution in [3.63, 3.8) is 0 Å². The minimum absolute atomic E-state index is 0.0648. The second kappa shape index (κ2) is 13.1. The largest absolute Gasteiger partial charge is 0.464 e. The van der Waals surface area contributed by atoms with Crippen molar-refractivity contribution < 1.29 is 19.1 Å². The highest BCUT2D eigenvalue weighted by Crippen LogP contribution is 2.35. The van der Waals surface area contributed by atoms with Gasteiger partial charge in [-0.25, -0.2) is 9.59 Å². The Balaban J connectivity index is 2.40. The standard InChI is InChI=1S/C23H43NO4/c1-7-8-9-10-11-12-15-27-22(25)19(5)24(6)23(26)28-21-16-18(4)13-14-20(21)17(2)3/h17-21H,7-16H2,1-6H3. The predicted octanol–water partition coefficient (Wildman–Crippen LogP) is 5.81. The van der Waals surface area contributed by atoms with Crippen LogP contribution in [0.3, 0.4) is 0 Å². The summed E-state index contributed by atoms with van der Waals surface area (Å²) in [6, 6.07) is -0.633. The van der Waals surface area contributed by atoms with Crippen LogP contribution in [0.2, 0.25) is 0 Å². The van der Waals surface area contributed by atoms with E-state index in [1.165, 1.54) is 37.0 Å². The van der Waals surface area contributed by atoms with Crippen molar-refractivity contribution in [3.8, 4) is 0 Å². The maximum atomic E-state index is 12.6. The Bertz CT molecular complexity index is 466. The summed E-state index contributed by atoms with van der Waals surface area (Å²) in [4.78, 5) is 26.2. The molecule has 5 heteroatoms. The molecule has 1 aliphatic carbocycles. The van der Waals surface area contributed by atoms with Crippen LogP contribution in [0.4, 0.5) is 4.79 Å². The number of carbonyl (C=O) groups is 2. The summed E-state index contributed by atoms with van der Waals surface area (Å²) >= 11 is 0. The molecular weight excluding hydrogens is 354 g/mol. The van der Waals surface area contributed by atoms with Crippen molar-refractivity contribution >= 4 is 12.1 Å². The van der Waals surface area contributed by atoms with E-state index in [0.29, 0.717) is 24.4 Å². The van der Waals surface area contributed by atoms with Gasteiger partial charge in [0.25, 0.3) is 0 Å². The Morgan fingerprint density at radius 3 is 2.32 bits per heavy atom. The maximum Gasteiger partial charge on any atom is 0.410 e. The fourth-order valence-corrected chi connectivity index (χ4v) is 3.95. The van der Waals surface area contributed by atoms with Crippen LogP contribution in [0, 0.1) is 17.8 Å². The second-order valence-corrected chi connectivity index (χ2v) is 8.97. The van der Waals surface area contributed by atoms with Gasteiger partial charge >= 0.3 is 12.1 Å². The van der Waals surface area contributed by atoms with Gasteiger partial charge in [0.05, 0.1) is 6.61 Å². The van der Waals surface area contributed by atoms with E-state index in [0.717, 1.165) is 25.7 Å². The molecular formula is C23H43NO4. The molecule has 1 rings (SSSR count). The molecule has 0 aliphatic heterocycles. The van der Waals surface area contributed by atoms with E-state index in [1.807, 2.05) is 0 Å². The minimum atomic E-state index is -0.633. The van der Waals surface area contributed by atoms with Crippen LogP contribution in [0.25, 0.3) is 0 Å². The number of ether oxygens (including phenoxy) is 2. The first-order valence-corrected chi connectivity index (χ1v) is 11.4. The second-order valence-electron chi connectivity index (χ2n) is 8.97. The van der Waals surface area contributed by atoms with Gasteiger partial charge in [-0.05, 0) is 43.9 Å². The number of rotatable bonds is 11. The van der Waals surface area contributed by atoms with Crippen LogP contribution in [0.1, 0.15) is 92.4 Å². The summed E-state index contributed by atoms with van der Waals surface area (Å²) in [5.74, 6) is 1.09. The van der Waals surface area contributed by atoms with Crippen LogP contribution < -0.4 is 0 Å². The molecule has 0 bridgehead atoms. The Hall–Kier alpha value is -1.26. The summed E-state index contributed by atoms with van der Waals surface area (Å²) in [5.41, 5.74) is 0. The fourth-order valence-electron chi connectivity index (χ4n) is 3.95. The molecule has 0 spiro atoms. The molecule has 164 valence electrons. The summed E-state index contributed by atoms with van der Waals surface area (Å²) in [5, 5.41) is 0. The Morgan fingerprint density at radius 2 is 1.68 bits per heavy atom. The summed E-state index contributed by atoms with van der Waals surface area (Å²) in [7, 11) is 1.62. The molecule has 4 atom stereocenters. The molecule has 0 saturated heterocycles. The first-order chi connectivity index (χ1) is 13.3. The van der Waals surface area contributed by atoms with Crippen LogP contribution >= 0.6 is 0 Å². The lowest BCUT2D eigenvalue weighted by Gasteiger charge is -2.37. The maximum absolute atomic E-state index is 12.6. The zero-order valence-electron chi connectivity index (χ0n) is 19.0. The van der Waals surface area contributed by atoms with Gasteiger partial charge in [-0.15, -0.1) is 0 Å². The number of carbonyl (C=O) groups excluding carboxylic acids is 2. The van der Waals surface area contributed by atoms with Crippen LogP contribution in [0.5, 0.6) is 0 Å². The molecule has 1 aliphatic rings. The molecule has 0 aromatic heterocycles. The van der Waals surface area contributed by atoms with Gasteiger partial charge in [0.1, 0.15) is 12.1 Å². The predicted molar refractivity (Wildman–Crippen MR) is 113 cm³/mol. The van der Waals surface area contributed by atoms with Gasteiger partial charge in [-0.2, -0.15) is 0 Å². The Labute approximate surface area is 172 Å². The quantitative estimate of drug-likeness (QED) is 0.326. The number of amides is 1. The summed E-state index contributed by atoms with van der Waals surface area (Å²) < 4.78 is 11.2. The monoisotopic (exact) mass is 397 g/mol. The molecule has 1 amide bonds. The summed E-state index contributed by atoms with van der Waals surface area (Å²) in [6.07, 6.45) is 9.58. The average Bonchev–Trinajstić information content (AvgIpc) is 2.65. The van der Waals surface area contributed by atoms with Crippen LogP contribution in [-0.2, 0) is 14.3 Å². The van der Waals surface area contributed by atoms with Crippen LogP contribution in [-0.4, -0.2) is 42.8 Å². The lowest BCUT2D eigenvalue weighted by Crippen LogP contribution is -2.45. The summed E-state index contributed by atoms with van der Waals surface area (Å²) in [6.45, 7) is 10.9. The number of unbranched alkanes of at least 4 members (excludes halogenated alkanes) is 5. The average molecular weight is 398 g/mol. The van der Waals surface area contributed by atoms with Crippen LogP contribution in [0.15, 0.2) is 0 Å². The molecule has 0 radical (unpaired) electrons. The van der Waals surface area contributed by atoms with E-state index in [2.05, 4.69) is 27.7 Å². The van der Waals surface area contributed by atoms with Crippen molar-refractivity contribution in [1.29, 1.82) is 0 Å². The number of nitrogens with zero attached hydrogens (tertiary/aromatic N) is 1. The van der Waals surface area contributed by atoms with Gasteiger partial charge in [0, 0.05) is 7.05 Å². The van der Waals surface area contributed by atoms with Crippen molar-refractivity contribution in [1.82, 2.24) is 4.90 Å². The molecule has 0 heterocycles. The first kappa shape index (κ1) is 24.8. The number of hydrogen-bond donors (Lipinski definition) is 0. The van der Waals surface area contributed by atoms with E-state index < -0.39 is 12.1 Å². The lowest BCUT2D eigenvalue weighted by molar-refractivity contribution is -0.148. The number of esters is 1. The van der Waals surface area contributed by atoms with Gasteiger partial charge < -0.3 is 9.47 Å². The first-order valence-electron chi connectivity index (χ1n) is 11.4. The SMILES string of the molecule is CCCCCCCCOC(=O)C(C)N(C)C(=O)OC1CC(C)CCC1C(C)C. The Kier molecular flexibility index (Phi) is 11.6. The van der Waals surface area contributed by atoms with E-state index >= 15 is 0 Å². The van der Waals surface area contributed by atoms with Gasteiger partial charge in [-0.3, -0.25) is 4.90 Å². The third kappa shape index (κ3) is 8.40. The molecule has 1 fully saturated rings. The molecule has 1 saturated carbocycles. The highest BCUT2D eigenvalue weighted by molar-refractivity contribution is 5.80. The van der Waals surface area contributed by atoms with Gasteiger partial charge in [-0.1, -0.05) is 66.2 Å². The zero-order chi connectivity index (χ0) is 21.1. The smallest absolute Gasteiger partial charge is 0.410 e. The van der Waals surface area contributed by atoms with E-state index in [-0.39, 0.29) is 12.1 Å². The minimum Gasteiger partial charge on any atom is -0.464 e. The topological polar surface area (TPSA) is 55.8 Å². The van der Waals surface area contributed by atoms with Crippen molar-refractivity contribution in [2.75, 3.05) is 13.7 Å². The molecule has 5 nitrogen and oxygen atoms in total. The van der Waals surface area contributed by atoms with E-state index in [4.69, 9.17) is 9.47 Å². The van der Waals surface area contributed by atoms with E-state index in [1.54, 1.807) is 14.0 Å². The normalized spacial score (nSPS) is 23.3. The third-order valence-electron chi connectivity index (χ3n) is 6.17. The van der Waals surface area contributed by atoms with Crippen molar-refractivity contribution in [2.24, 2.45) is 17.8 Å². The van der Waals surface area contributed by atoms with Gasteiger partial charge in [0.2, 0.25) is 0 Å². The molecule has 0 aromatic rings. The van der Waals surface area contributed by atoms with Crippen molar-refractivity contribution in [2.45, 2.75) is 105 Å². The van der Waals surface area contributed by atoms with Gasteiger partial charge in [0.15, 0.2) is 0 Å². The highest BCUT2D eigenvalue weighted by atomic mass is 16.6. The van der Waals surface area contributed by atoms with Crippen molar-refractivity contribution in [3.05, 3.63) is 0 Å². The molecule has 4 unspecified atom stereocenters. The fraction of sp³-hybridized carbons (Fsp3) is 0.913. The Morgan fingerprint density at radius 1 is 1.04 bits per heavy atom. The molecule has 0 aromatic carbocycles. The molecule has 28 heavy (non-hydrogen) atoms. The number of hydrogen-bond acceptors (Lipinski definition) is 4. The van der Waals surface area contributed by atoms with E-state index in [9.17, 15) is 9.59 Å².